The van der Waals surface area contributed by atoms with Gasteiger partial charge in [0.25, 0.3) is 0 Å². The molecule has 0 radical (unpaired) electrons. The Morgan fingerprint density at radius 2 is 1.85 bits per heavy atom. The summed E-state index contributed by atoms with van der Waals surface area (Å²) in [4.78, 5) is 34.4. The Labute approximate surface area is 196 Å². The van der Waals surface area contributed by atoms with Gasteiger partial charge in [0.2, 0.25) is 11.8 Å². The molecule has 1 atom stereocenters. The second kappa shape index (κ2) is 10.0. The third kappa shape index (κ3) is 5.60. The predicted octanol–water partition coefficient (Wildman–Crippen LogP) is 4.18. The molecular weight excluding hydrogens is 417 g/mol. The Kier molecular flexibility index (Phi) is 7.11. The first-order valence-electron chi connectivity index (χ1n) is 12.1. The number of benzene rings is 1. The molecule has 3 heterocycles. The Morgan fingerprint density at radius 1 is 1.09 bits per heavy atom. The molecule has 0 aliphatic carbocycles. The van der Waals surface area contributed by atoms with Gasteiger partial charge in [0, 0.05) is 44.5 Å². The maximum absolute atomic E-state index is 14.0. The van der Waals surface area contributed by atoms with Gasteiger partial charge in [0.05, 0.1) is 5.41 Å². The van der Waals surface area contributed by atoms with Gasteiger partial charge in [-0.15, -0.1) is 0 Å². The molecule has 0 bridgehead atoms. The number of carbonyl (C=O) groups excluding carboxylic acids is 2. The molecule has 2 amide bonds. The Morgan fingerprint density at radius 3 is 2.55 bits per heavy atom. The van der Waals surface area contributed by atoms with Crippen LogP contribution in [0.5, 0.6) is 0 Å². The molecule has 2 saturated heterocycles. The highest BCUT2D eigenvalue weighted by atomic mass is 19.1. The highest BCUT2D eigenvalue weighted by molar-refractivity contribution is 5.84. The van der Waals surface area contributed by atoms with Crippen molar-refractivity contribution in [1.29, 1.82) is 0 Å². The lowest BCUT2D eigenvalue weighted by Crippen LogP contribution is -2.54. The number of amides is 2. The number of halogens is 1. The van der Waals surface area contributed by atoms with Gasteiger partial charge in [-0.1, -0.05) is 18.2 Å². The summed E-state index contributed by atoms with van der Waals surface area (Å²) in [6.45, 7) is 6.22. The molecular formula is C27H34FN3O2. The Hall–Kier alpha value is -2.76. The van der Waals surface area contributed by atoms with Crippen LogP contribution in [0, 0.1) is 24.1 Å². The van der Waals surface area contributed by atoms with Crippen LogP contribution in [0.3, 0.4) is 0 Å². The third-order valence-electron chi connectivity index (χ3n) is 7.30. The fraction of sp³-hybridized carbons (Fsp3) is 0.519. The zero-order chi connectivity index (χ0) is 23.4. The quantitative estimate of drug-likeness (QED) is 0.685. The minimum Gasteiger partial charge on any atom is -0.343 e. The van der Waals surface area contributed by atoms with Crippen molar-refractivity contribution >= 4 is 11.8 Å². The zero-order valence-electron chi connectivity index (χ0n) is 19.7. The molecule has 0 spiro atoms. The third-order valence-corrected chi connectivity index (χ3v) is 7.30. The van der Waals surface area contributed by atoms with Crippen molar-refractivity contribution in [2.75, 3.05) is 26.2 Å². The lowest BCUT2D eigenvalue weighted by atomic mass is 9.72. The fourth-order valence-electron chi connectivity index (χ4n) is 5.51. The molecule has 33 heavy (non-hydrogen) atoms. The number of nitrogens with zero attached hydrogens (tertiary/aromatic N) is 3. The first-order chi connectivity index (χ1) is 15.8. The number of hydrogen-bond donors (Lipinski definition) is 0. The van der Waals surface area contributed by atoms with E-state index in [0.29, 0.717) is 38.3 Å². The van der Waals surface area contributed by atoms with Crippen molar-refractivity contribution in [2.24, 2.45) is 11.3 Å². The van der Waals surface area contributed by atoms with Crippen LogP contribution in [0.15, 0.2) is 42.5 Å². The average molecular weight is 452 g/mol. The van der Waals surface area contributed by atoms with Crippen molar-refractivity contribution in [3.05, 3.63) is 65.2 Å². The lowest BCUT2D eigenvalue weighted by molar-refractivity contribution is -0.149. The van der Waals surface area contributed by atoms with Crippen molar-refractivity contribution in [3.63, 3.8) is 0 Å². The van der Waals surface area contributed by atoms with Crippen LogP contribution < -0.4 is 0 Å². The molecule has 0 N–H and O–H groups in total. The molecule has 0 saturated carbocycles. The van der Waals surface area contributed by atoms with Crippen LogP contribution in [-0.2, 0) is 22.4 Å². The number of aromatic nitrogens is 1. The SMILES string of the molecule is CC(=O)N1CCC(Cc2cccc(F)c2)(C(=O)N2CCC[C@H](Cc3cccc(C)n3)C2)CC1. The second-order valence-corrected chi connectivity index (χ2v) is 9.83. The van der Waals surface area contributed by atoms with E-state index in [-0.39, 0.29) is 17.6 Å². The predicted molar refractivity (Wildman–Crippen MR) is 126 cm³/mol. The summed E-state index contributed by atoms with van der Waals surface area (Å²) in [6, 6.07) is 12.7. The van der Waals surface area contributed by atoms with Gasteiger partial charge in [0.1, 0.15) is 5.82 Å². The molecule has 1 aromatic carbocycles. The zero-order valence-corrected chi connectivity index (χ0v) is 19.7. The van der Waals surface area contributed by atoms with E-state index in [0.717, 1.165) is 49.3 Å². The van der Waals surface area contributed by atoms with Gasteiger partial charge in [-0.05, 0) is 81.2 Å². The van der Waals surface area contributed by atoms with E-state index >= 15 is 0 Å². The molecule has 176 valence electrons. The summed E-state index contributed by atoms with van der Waals surface area (Å²) in [5, 5.41) is 0. The van der Waals surface area contributed by atoms with E-state index in [1.807, 2.05) is 34.9 Å². The largest absolute Gasteiger partial charge is 0.343 e. The monoisotopic (exact) mass is 451 g/mol. The van der Waals surface area contributed by atoms with E-state index < -0.39 is 5.41 Å². The van der Waals surface area contributed by atoms with Gasteiger partial charge in [0.15, 0.2) is 0 Å². The number of rotatable bonds is 5. The minimum absolute atomic E-state index is 0.0468. The maximum Gasteiger partial charge on any atom is 0.229 e. The first-order valence-corrected chi connectivity index (χ1v) is 12.1. The molecule has 2 aliphatic heterocycles. The lowest BCUT2D eigenvalue weighted by Gasteiger charge is -2.45. The molecule has 0 unspecified atom stereocenters. The van der Waals surface area contributed by atoms with E-state index in [4.69, 9.17) is 0 Å². The highest BCUT2D eigenvalue weighted by Gasteiger charge is 2.45. The van der Waals surface area contributed by atoms with Crippen LogP contribution >= 0.6 is 0 Å². The molecule has 5 nitrogen and oxygen atoms in total. The van der Waals surface area contributed by atoms with Gasteiger partial charge in [-0.25, -0.2) is 4.39 Å². The Balaban J connectivity index is 1.52. The van der Waals surface area contributed by atoms with Crippen molar-refractivity contribution in [2.45, 2.75) is 52.4 Å². The number of piperidine rings is 2. The van der Waals surface area contributed by atoms with Gasteiger partial charge in [-0.3, -0.25) is 14.6 Å². The molecule has 6 heteroatoms. The summed E-state index contributed by atoms with van der Waals surface area (Å²) in [5.41, 5.74) is 2.35. The van der Waals surface area contributed by atoms with Crippen LogP contribution in [0.4, 0.5) is 4.39 Å². The average Bonchev–Trinajstić information content (AvgIpc) is 2.79. The molecule has 2 aromatic rings. The summed E-state index contributed by atoms with van der Waals surface area (Å²) in [6.07, 6.45) is 4.69. The van der Waals surface area contributed by atoms with E-state index in [1.165, 1.54) is 12.1 Å². The summed E-state index contributed by atoms with van der Waals surface area (Å²) >= 11 is 0. The summed E-state index contributed by atoms with van der Waals surface area (Å²) in [5.74, 6) is 0.322. The van der Waals surface area contributed by atoms with Crippen LogP contribution in [-0.4, -0.2) is 52.8 Å². The van der Waals surface area contributed by atoms with E-state index in [1.54, 1.807) is 13.0 Å². The number of aryl methyl sites for hydroxylation is 1. The van der Waals surface area contributed by atoms with Crippen LogP contribution in [0.25, 0.3) is 0 Å². The smallest absolute Gasteiger partial charge is 0.229 e. The summed E-state index contributed by atoms with van der Waals surface area (Å²) < 4.78 is 13.9. The van der Waals surface area contributed by atoms with Crippen LogP contribution in [0.2, 0.25) is 0 Å². The number of carbonyl (C=O) groups is 2. The van der Waals surface area contributed by atoms with Crippen molar-refractivity contribution in [1.82, 2.24) is 14.8 Å². The van der Waals surface area contributed by atoms with E-state index in [2.05, 4.69) is 11.1 Å². The van der Waals surface area contributed by atoms with Gasteiger partial charge >= 0.3 is 0 Å². The number of hydrogen-bond acceptors (Lipinski definition) is 3. The van der Waals surface area contributed by atoms with Crippen molar-refractivity contribution < 1.29 is 14.0 Å². The number of pyridine rings is 1. The van der Waals surface area contributed by atoms with Crippen molar-refractivity contribution in [3.8, 4) is 0 Å². The molecule has 1 aromatic heterocycles. The summed E-state index contributed by atoms with van der Waals surface area (Å²) in [7, 11) is 0. The van der Waals surface area contributed by atoms with Crippen LogP contribution in [0.1, 0.15) is 49.6 Å². The molecule has 2 aliphatic rings. The van der Waals surface area contributed by atoms with Gasteiger partial charge in [-0.2, -0.15) is 0 Å². The standard InChI is InChI=1S/C27H34FN3O2/c1-20-6-3-10-25(29-20)17-23-8-5-13-31(19-23)26(33)27(11-14-30(15-12-27)21(2)32)18-22-7-4-9-24(28)16-22/h3-4,6-7,9-10,16,23H,5,8,11-15,17-19H2,1-2H3/t23-/m1/s1. The fourth-order valence-corrected chi connectivity index (χ4v) is 5.51. The minimum atomic E-state index is -0.594. The topological polar surface area (TPSA) is 53.5 Å². The molecule has 2 fully saturated rings. The molecule has 4 rings (SSSR count). The first kappa shape index (κ1) is 23.4. The normalized spacial score (nSPS) is 20.5. The van der Waals surface area contributed by atoms with Gasteiger partial charge < -0.3 is 9.80 Å². The Bertz CT molecular complexity index is 1000. The number of likely N-dealkylation sites (tertiary alicyclic amines) is 2. The highest BCUT2D eigenvalue weighted by Crippen LogP contribution is 2.38. The second-order valence-electron chi connectivity index (χ2n) is 9.83. The maximum atomic E-state index is 14.0. The van der Waals surface area contributed by atoms with E-state index in [9.17, 15) is 14.0 Å².